The molecule has 1 aliphatic rings. The number of rotatable bonds is 2. The highest BCUT2D eigenvalue weighted by molar-refractivity contribution is 5.80. The van der Waals surface area contributed by atoms with Crippen molar-refractivity contribution in [1.82, 2.24) is 0 Å². The molecule has 4 N–H and O–H groups in total. The fourth-order valence-electron chi connectivity index (χ4n) is 0.984. The molecule has 0 bridgehead atoms. The van der Waals surface area contributed by atoms with E-state index in [9.17, 15) is 9.59 Å². The van der Waals surface area contributed by atoms with Gasteiger partial charge in [-0.25, -0.2) is 9.59 Å². The van der Waals surface area contributed by atoms with Crippen molar-refractivity contribution in [3.8, 4) is 0 Å². The number of hydrogen-bond donors (Lipinski definition) is 4. The van der Waals surface area contributed by atoms with E-state index in [1.54, 1.807) is 0 Å². The maximum Gasteiger partial charge on any atom is 0.338 e. The lowest BCUT2D eigenvalue weighted by Crippen LogP contribution is -2.42. The van der Waals surface area contributed by atoms with E-state index in [-0.39, 0.29) is 0 Å². The second-order valence-corrected chi connectivity index (χ2v) is 2.62. The van der Waals surface area contributed by atoms with E-state index in [1.807, 2.05) is 0 Å². The molecule has 0 spiro atoms. The minimum Gasteiger partial charge on any atom is -0.479 e. The first kappa shape index (κ1) is 9.90. The molecule has 1 saturated heterocycles. The lowest BCUT2D eigenvalue weighted by Gasteiger charge is -2.15. The summed E-state index contributed by atoms with van der Waals surface area (Å²) in [4.78, 5) is 20.8. The molecule has 1 fully saturated rings. The van der Waals surface area contributed by atoms with E-state index in [4.69, 9.17) is 20.4 Å². The molecule has 0 aromatic rings. The number of aliphatic hydroxyl groups is 3. The fourth-order valence-corrected chi connectivity index (χ4v) is 0.984. The van der Waals surface area contributed by atoms with Crippen molar-refractivity contribution in [2.45, 2.75) is 24.4 Å². The third kappa shape index (κ3) is 1.62. The largest absolute Gasteiger partial charge is 0.479 e. The van der Waals surface area contributed by atoms with Gasteiger partial charge in [0.15, 0.2) is 18.3 Å². The Morgan fingerprint density at radius 2 is 2.00 bits per heavy atom. The van der Waals surface area contributed by atoms with Gasteiger partial charge < -0.3 is 25.2 Å². The molecule has 13 heavy (non-hydrogen) atoms. The Bertz CT molecular complexity index is 237. The molecule has 0 aromatic carbocycles. The van der Waals surface area contributed by atoms with Crippen LogP contribution in [0.2, 0.25) is 0 Å². The van der Waals surface area contributed by atoms with Gasteiger partial charge in [-0.05, 0) is 0 Å². The van der Waals surface area contributed by atoms with Crippen molar-refractivity contribution < 1.29 is 34.8 Å². The number of ether oxygens (including phenoxy) is 1. The smallest absolute Gasteiger partial charge is 0.338 e. The third-order valence-electron chi connectivity index (χ3n) is 1.72. The van der Waals surface area contributed by atoms with Crippen LogP contribution in [0.15, 0.2) is 0 Å². The van der Waals surface area contributed by atoms with Crippen LogP contribution in [0.1, 0.15) is 0 Å². The third-order valence-corrected chi connectivity index (χ3v) is 1.72. The molecule has 0 amide bonds. The lowest BCUT2D eigenvalue weighted by atomic mass is 10.1. The molecule has 0 unspecified atom stereocenters. The fraction of sp³-hybridized carbons (Fsp3) is 0.667. The predicted molar refractivity (Wildman–Crippen MR) is 35.5 cm³/mol. The molecule has 0 radical (unpaired) electrons. The van der Waals surface area contributed by atoms with Crippen LogP contribution in [0.4, 0.5) is 0 Å². The molecule has 74 valence electrons. The molecule has 7 heteroatoms. The maximum absolute atomic E-state index is 10.6. The Kier molecular flexibility index (Phi) is 2.50. The molecule has 0 aromatic heterocycles. The van der Waals surface area contributed by atoms with Gasteiger partial charge in [0.1, 0.15) is 6.10 Å². The average Bonchev–Trinajstić information content (AvgIpc) is 2.31. The van der Waals surface area contributed by atoms with Crippen LogP contribution in [0.3, 0.4) is 0 Å². The van der Waals surface area contributed by atoms with Crippen LogP contribution >= 0.6 is 0 Å². The number of carboxylic acids is 1. The van der Waals surface area contributed by atoms with Gasteiger partial charge in [0.2, 0.25) is 0 Å². The van der Waals surface area contributed by atoms with Crippen molar-refractivity contribution in [2.24, 2.45) is 0 Å². The van der Waals surface area contributed by atoms with Gasteiger partial charge in [-0.2, -0.15) is 0 Å². The van der Waals surface area contributed by atoms with E-state index in [0.29, 0.717) is 0 Å². The molecule has 7 nitrogen and oxygen atoms in total. The van der Waals surface area contributed by atoms with Crippen molar-refractivity contribution in [1.29, 1.82) is 0 Å². The van der Waals surface area contributed by atoms with E-state index in [1.165, 1.54) is 0 Å². The topological polar surface area (TPSA) is 124 Å². The number of esters is 1. The van der Waals surface area contributed by atoms with E-state index < -0.39 is 36.4 Å². The minimum atomic E-state index is -2.03. The normalized spacial score (nSPS) is 35.6. The molecular formula is C6H8O7. The van der Waals surface area contributed by atoms with Crippen LogP contribution in [-0.2, 0) is 14.3 Å². The monoisotopic (exact) mass is 192 g/mol. The second kappa shape index (κ2) is 3.29. The van der Waals surface area contributed by atoms with Gasteiger partial charge in [0.25, 0.3) is 0 Å². The first-order valence-corrected chi connectivity index (χ1v) is 3.42. The summed E-state index contributed by atoms with van der Waals surface area (Å²) in [5.41, 5.74) is 0. The Morgan fingerprint density at radius 1 is 1.46 bits per heavy atom. The minimum absolute atomic E-state index is 1.14. The summed E-state index contributed by atoms with van der Waals surface area (Å²) in [7, 11) is 0. The number of carbonyl (C=O) groups is 2. The maximum atomic E-state index is 10.6. The van der Waals surface area contributed by atoms with E-state index in [0.717, 1.165) is 0 Å². The first-order valence-electron chi connectivity index (χ1n) is 3.42. The SMILES string of the molecule is O=C1O[C@H]([C@H](O)C(=O)O)[C@H](O)[C@@H]1O. The Morgan fingerprint density at radius 3 is 2.31 bits per heavy atom. The molecule has 0 aliphatic carbocycles. The average molecular weight is 192 g/mol. The van der Waals surface area contributed by atoms with Crippen LogP contribution in [0.25, 0.3) is 0 Å². The summed E-state index contributed by atoms with van der Waals surface area (Å²) in [5.74, 6) is -2.77. The van der Waals surface area contributed by atoms with Gasteiger partial charge in [-0.15, -0.1) is 0 Å². The zero-order valence-corrected chi connectivity index (χ0v) is 6.32. The van der Waals surface area contributed by atoms with Crippen LogP contribution < -0.4 is 0 Å². The number of carbonyl (C=O) groups excluding carboxylic acids is 1. The van der Waals surface area contributed by atoms with Gasteiger partial charge in [0, 0.05) is 0 Å². The summed E-state index contributed by atoms with van der Waals surface area (Å²) in [6.45, 7) is 0. The van der Waals surface area contributed by atoms with Crippen LogP contribution in [-0.4, -0.2) is 56.8 Å². The molecule has 0 saturated carbocycles. The lowest BCUT2D eigenvalue weighted by molar-refractivity contribution is -0.161. The van der Waals surface area contributed by atoms with E-state index in [2.05, 4.69) is 4.74 Å². The number of carboxylic acid groups (broad SMARTS) is 1. The van der Waals surface area contributed by atoms with Gasteiger partial charge >= 0.3 is 11.9 Å². The summed E-state index contributed by atoms with van der Waals surface area (Å²) in [5, 5.41) is 35.0. The van der Waals surface area contributed by atoms with Gasteiger partial charge in [-0.3, -0.25) is 0 Å². The number of hydrogen-bond acceptors (Lipinski definition) is 6. The molecule has 4 atom stereocenters. The molecule has 1 rings (SSSR count). The van der Waals surface area contributed by atoms with Crippen LogP contribution in [0, 0.1) is 0 Å². The summed E-state index contributed by atoms with van der Waals surface area (Å²) >= 11 is 0. The van der Waals surface area contributed by atoms with Crippen molar-refractivity contribution in [2.75, 3.05) is 0 Å². The second-order valence-electron chi connectivity index (χ2n) is 2.62. The number of aliphatic hydroxyl groups excluding tert-OH is 3. The number of aliphatic carboxylic acids is 1. The molecule has 1 aliphatic heterocycles. The van der Waals surface area contributed by atoms with Gasteiger partial charge in [-0.1, -0.05) is 0 Å². The molecular weight excluding hydrogens is 184 g/mol. The summed E-state index contributed by atoms with van der Waals surface area (Å²) < 4.78 is 4.24. The van der Waals surface area contributed by atoms with Crippen molar-refractivity contribution >= 4 is 11.9 Å². The highest BCUT2D eigenvalue weighted by Crippen LogP contribution is 2.18. The highest BCUT2D eigenvalue weighted by Gasteiger charge is 2.48. The Hall–Kier alpha value is -1.18. The quantitative estimate of drug-likeness (QED) is 0.345. The predicted octanol–water partition coefficient (Wildman–Crippen LogP) is -2.92. The Labute approximate surface area is 72.2 Å². The zero-order chi connectivity index (χ0) is 10.2. The van der Waals surface area contributed by atoms with E-state index >= 15 is 0 Å². The van der Waals surface area contributed by atoms with Crippen LogP contribution in [0.5, 0.6) is 0 Å². The molecule has 1 heterocycles. The zero-order valence-electron chi connectivity index (χ0n) is 6.32. The summed E-state index contributed by atoms with van der Waals surface area (Å²) in [6, 6.07) is 0. The summed E-state index contributed by atoms with van der Waals surface area (Å²) in [6.07, 6.45) is -7.14. The first-order chi connectivity index (χ1) is 5.95. The number of cyclic esters (lactones) is 1. The van der Waals surface area contributed by atoms with Gasteiger partial charge in [0.05, 0.1) is 0 Å². The highest BCUT2D eigenvalue weighted by atomic mass is 16.6. The van der Waals surface area contributed by atoms with Crippen molar-refractivity contribution in [3.05, 3.63) is 0 Å². The Balaban J connectivity index is 2.73. The standard InChI is InChI=1S/C6H8O7/c7-1-2(8)6(12)13-4(1)3(9)5(10)11/h1-4,7-9H,(H,10,11)/t1-,2+,3+,4+/m1/s1. The van der Waals surface area contributed by atoms with Crippen molar-refractivity contribution in [3.63, 3.8) is 0 Å².